The van der Waals surface area contributed by atoms with Crippen molar-refractivity contribution in [1.29, 1.82) is 0 Å². The number of esters is 1. The summed E-state index contributed by atoms with van der Waals surface area (Å²) in [4.78, 5) is 16.2. The van der Waals surface area contributed by atoms with Crippen LogP contribution in [0.2, 0.25) is 0 Å². The average Bonchev–Trinajstić information content (AvgIpc) is 3.47. The monoisotopic (exact) mass is 505 g/mol. The Labute approximate surface area is 216 Å². The first-order valence-corrected chi connectivity index (χ1v) is 12.6. The molecule has 2 heterocycles. The summed E-state index contributed by atoms with van der Waals surface area (Å²) in [5.74, 6) is 1.25. The Kier molecular flexibility index (Phi) is 6.80. The topological polar surface area (TPSA) is 66.9 Å². The van der Waals surface area contributed by atoms with Crippen LogP contribution < -0.4 is 14.2 Å². The Morgan fingerprint density at radius 3 is 2.78 bits per heavy atom. The van der Waals surface area contributed by atoms with Gasteiger partial charge < -0.3 is 18.9 Å². The fourth-order valence-corrected chi connectivity index (χ4v) is 4.99. The van der Waals surface area contributed by atoms with Gasteiger partial charge in [0, 0.05) is 34.9 Å². The van der Waals surface area contributed by atoms with E-state index in [1.54, 1.807) is 6.20 Å². The zero-order valence-corrected chi connectivity index (χ0v) is 21.7. The van der Waals surface area contributed by atoms with E-state index in [0.717, 1.165) is 22.3 Å². The van der Waals surface area contributed by atoms with Gasteiger partial charge in [-0.1, -0.05) is 32.9 Å². The minimum absolute atomic E-state index is 0.0165. The van der Waals surface area contributed by atoms with Gasteiger partial charge in [-0.25, -0.2) is 9.37 Å². The third-order valence-electron chi connectivity index (χ3n) is 6.77. The van der Waals surface area contributed by atoms with Crippen LogP contribution in [0.15, 0.2) is 48.7 Å². The lowest BCUT2D eigenvalue weighted by Gasteiger charge is -2.20. The van der Waals surface area contributed by atoms with Crippen LogP contribution in [0, 0.1) is 11.2 Å². The van der Waals surface area contributed by atoms with E-state index in [2.05, 4.69) is 25.8 Å². The van der Waals surface area contributed by atoms with Gasteiger partial charge in [-0.05, 0) is 53.6 Å². The van der Waals surface area contributed by atoms with Crippen LogP contribution in [0.5, 0.6) is 17.4 Å². The molecule has 7 heteroatoms. The minimum Gasteiger partial charge on any atom is -0.492 e. The lowest BCUT2D eigenvalue weighted by Crippen LogP contribution is -2.17. The predicted molar refractivity (Wildman–Crippen MR) is 138 cm³/mol. The number of rotatable bonds is 7. The molecule has 37 heavy (non-hydrogen) atoms. The van der Waals surface area contributed by atoms with E-state index < -0.39 is 6.10 Å². The van der Waals surface area contributed by atoms with Gasteiger partial charge in [0.1, 0.15) is 23.4 Å². The molecule has 3 aromatic rings. The smallest absolute Gasteiger partial charge is 0.306 e. The van der Waals surface area contributed by atoms with Crippen LogP contribution >= 0.6 is 0 Å². The maximum atomic E-state index is 15.2. The number of hydrogen-bond acceptors (Lipinski definition) is 6. The molecule has 0 unspecified atom stereocenters. The van der Waals surface area contributed by atoms with Crippen molar-refractivity contribution in [2.24, 2.45) is 5.41 Å². The Bertz CT molecular complexity index is 1320. The summed E-state index contributed by atoms with van der Waals surface area (Å²) < 4.78 is 38.2. The van der Waals surface area contributed by atoms with E-state index in [-0.39, 0.29) is 29.5 Å². The summed E-state index contributed by atoms with van der Waals surface area (Å²) in [7, 11) is 1.38. The SMILES string of the molecule is COC(=O)C[C@@H]1COc2cc(O[C@@H]3CCc4c(-c5cccnc5OCC(C)(C)C)ccc(F)c43)ccc21. The van der Waals surface area contributed by atoms with Crippen LogP contribution in [-0.2, 0) is 16.0 Å². The van der Waals surface area contributed by atoms with E-state index in [4.69, 9.17) is 18.9 Å². The van der Waals surface area contributed by atoms with E-state index >= 15 is 4.39 Å². The first-order valence-electron chi connectivity index (χ1n) is 12.6. The van der Waals surface area contributed by atoms with E-state index in [0.29, 0.717) is 49.0 Å². The number of halogens is 1. The number of pyridine rings is 1. The number of hydrogen-bond donors (Lipinski definition) is 0. The second-order valence-corrected chi connectivity index (χ2v) is 10.8. The Balaban J connectivity index is 1.40. The molecule has 1 aliphatic carbocycles. The van der Waals surface area contributed by atoms with Gasteiger partial charge in [0.05, 0.1) is 26.7 Å². The third-order valence-corrected chi connectivity index (χ3v) is 6.77. The van der Waals surface area contributed by atoms with Gasteiger partial charge in [0.15, 0.2) is 0 Å². The summed E-state index contributed by atoms with van der Waals surface area (Å²) in [6.45, 7) is 7.26. The maximum absolute atomic E-state index is 15.2. The molecular weight excluding hydrogens is 473 g/mol. The largest absolute Gasteiger partial charge is 0.492 e. The number of benzene rings is 2. The van der Waals surface area contributed by atoms with Crippen LogP contribution in [-0.4, -0.2) is 31.3 Å². The molecule has 2 atom stereocenters. The summed E-state index contributed by atoms with van der Waals surface area (Å²) >= 11 is 0. The van der Waals surface area contributed by atoms with Crippen molar-refractivity contribution >= 4 is 5.97 Å². The number of fused-ring (bicyclic) bond motifs is 2. The van der Waals surface area contributed by atoms with Crippen LogP contribution in [0.3, 0.4) is 0 Å². The molecule has 0 amide bonds. The quantitative estimate of drug-likeness (QED) is 0.345. The second-order valence-electron chi connectivity index (χ2n) is 10.8. The third kappa shape index (κ3) is 5.26. The van der Waals surface area contributed by atoms with Crippen molar-refractivity contribution in [2.45, 2.75) is 52.1 Å². The number of aromatic nitrogens is 1. The first kappa shape index (κ1) is 25.1. The van der Waals surface area contributed by atoms with Crippen molar-refractivity contribution in [3.63, 3.8) is 0 Å². The van der Waals surface area contributed by atoms with Crippen LogP contribution in [0.4, 0.5) is 4.39 Å². The van der Waals surface area contributed by atoms with Crippen LogP contribution in [0.1, 0.15) is 62.3 Å². The number of carbonyl (C=O) groups is 1. The molecule has 0 bridgehead atoms. The van der Waals surface area contributed by atoms with Gasteiger partial charge in [0.25, 0.3) is 0 Å². The molecule has 2 aliphatic rings. The Morgan fingerprint density at radius 1 is 1.16 bits per heavy atom. The van der Waals surface area contributed by atoms with Gasteiger partial charge in [-0.3, -0.25) is 4.79 Å². The molecular formula is C30H32FNO5. The number of ether oxygens (including phenoxy) is 4. The van der Waals surface area contributed by atoms with E-state index in [9.17, 15) is 4.79 Å². The lowest BCUT2D eigenvalue weighted by atomic mass is 9.96. The summed E-state index contributed by atoms with van der Waals surface area (Å²) in [6, 6.07) is 12.7. The molecule has 5 rings (SSSR count). The fourth-order valence-electron chi connectivity index (χ4n) is 4.99. The zero-order valence-electron chi connectivity index (χ0n) is 21.7. The summed E-state index contributed by atoms with van der Waals surface area (Å²) in [5.41, 5.74) is 4.21. The molecule has 0 N–H and O–H groups in total. The van der Waals surface area contributed by atoms with Crippen molar-refractivity contribution in [3.8, 4) is 28.5 Å². The molecule has 0 radical (unpaired) electrons. The first-order chi connectivity index (χ1) is 17.7. The minimum atomic E-state index is -0.420. The van der Waals surface area contributed by atoms with Crippen molar-refractivity contribution < 1.29 is 28.1 Å². The molecule has 1 aliphatic heterocycles. The highest BCUT2D eigenvalue weighted by molar-refractivity contribution is 5.74. The highest BCUT2D eigenvalue weighted by Gasteiger charge is 2.32. The lowest BCUT2D eigenvalue weighted by molar-refractivity contribution is -0.141. The molecule has 194 valence electrons. The fraction of sp³-hybridized carbons (Fsp3) is 0.400. The summed E-state index contributed by atoms with van der Waals surface area (Å²) in [6.07, 6.45) is 2.90. The molecule has 1 aromatic heterocycles. The number of carbonyl (C=O) groups excluding carboxylic acids is 1. The maximum Gasteiger partial charge on any atom is 0.306 e. The zero-order chi connectivity index (χ0) is 26.2. The van der Waals surface area contributed by atoms with Crippen molar-refractivity contribution in [2.75, 3.05) is 20.3 Å². The standard InChI is InChI=1S/C30H32FNO5/c1-30(2,3)17-36-29-23(6-5-13-32-29)21-9-11-24(31)28-22(21)10-12-25(28)37-19-7-8-20-18(14-27(33)34-4)16-35-26(20)15-19/h5-9,11,13,15,18,25H,10,12,14,16-17H2,1-4H3/t18-,25-/m1/s1. The summed E-state index contributed by atoms with van der Waals surface area (Å²) in [5, 5.41) is 0. The van der Waals surface area contributed by atoms with Crippen molar-refractivity contribution in [1.82, 2.24) is 4.98 Å². The Morgan fingerprint density at radius 2 is 2.00 bits per heavy atom. The van der Waals surface area contributed by atoms with E-state index in [1.807, 2.05) is 36.4 Å². The number of methoxy groups -OCH3 is 1. The van der Waals surface area contributed by atoms with Gasteiger partial charge >= 0.3 is 5.97 Å². The van der Waals surface area contributed by atoms with Crippen molar-refractivity contribution in [3.05, 3.63) is 71.2 Å². The Hall–Kier alpha value is -3.61. The second kappa shape index (κ2) is 10.0. The normalized spacial score (nSPS) is 18.1. The number of nitrogens with zero attached hydrogens (tertiary/aromatic N) is 1. The highest BCUT2D eigenvalue weighted by Crippen LogP contribution is 2.45. The molecule has 0 spiro atoms. The van der Waals surface area contributed by atoms with Gasteiger partial charge in [-0.15, -0.1) is 0 Å². The molecule has 0 fully saturated rings. The average molecular weight is 506 g/mol. The molecule has 2 aromatic carbocycles. The van der Waals surface area contributed by atoms with Crippen LogP contribution in [0.25, 0.3) is 11.1 Å². The van der Waals surface area contributed by atoms with Gasteiger partial charge in [0.2, 0.25) is 5.88 Å². The molecule has 6 nitrogen and oxygen atoms in total. The molecule has 0 saturated carbocycles. The highest BCUT2D eigenvalue weighted by atomic mass is 19.1. The van der Waals surface area contributed by atoms with Gasteiger partial charge in [-0.2, -0.15) is 0 Å². The molecule has 0 saturated heterocycles. The van der Waals surface area contributed by atoms with E-state index in [1.165, 1.54) is 13.2 Å². The predicted octanol–water partition coefficient (Wildman–Crippen LogP) is 6.42.